The summed E-state index contributed by atoms with van der Waals surface area (Å²) in [5, 5.41) is 10.7. The smallest absolute Gasteiger partial charge is 0.222 e. The van der Waals surface area contributed by atoms with Gasteiger partial charge in [0.15, 0.2) is 0 Å². The molecule has 0 aromatic heterocycles. The summed E-state index contributed by atoms with van der Waals surface area (Å²) >= 11 is 0. The summed E-state index contributed by atoms with van der Waals surface area (Å²) in [5.41, 5.74) is -1.81. The van der Waals surface area contributed by atoms with Crippen LogP contribution < -0.4 is 0 Å². The molecule has 68 valence electrons. The molecule has 0 aromatic rings. The third kappa shape index (κ3) is 0.934. The second kappa shape index (κ2) is 2.18. The third-order valence-corrected chi connectivity index (χ3v) is 3.50. The summed E-state index contributed by atoms with van der Waals surface area (Å²) in [6.45, 7) is 0. The number of nitrogens with zero attached hydrogens (tertiary/aromatic N) is 1. The number of fused-ring (bicyclic) bond motifs is 3. The molecule has 0 amide bonds. The SMILES string of the molecule is O=[N+]([O-])C12CCC(F)(CC1)CC2. The zero-order valence-electron chi connectivity index (χ0n) is 6.88. The van der Waals surface area contributed by atoms with Crippen molar-refractivity contribution in [1.82, 2.24) is 0 Å². The lowest BCUT2D eigenvalue weighted by Gasteiger charge is -2.43. The Kier molecular flexibility index (Phi) is 1.44. The van der Waals surface area contributed by atoms with Crippen LogP contribution in [0.15, 0.2) is 0 Å². The highest BCUT2D eigenvalue weighted by atomic mass is 19.1. The summed E-state index contributed by atoms with van der Waals surface area (Å²) in [6, 6.07) is 0. The van der Waals surface area contributed by atoms with Gasteiger partial charge in [-0.15, -0.1) is 0 Å². The van der Waals surface area contributed by atoms with Crippen LogP contribution in [0.25, 0.3) is 0 Å². The van der Waals surface area contributed by atoms with Crippen molar-refractivity contribution in [2.75, 3.05) is 0 Å². The largest absolute Gasteiger partial charge is 0.264 e. The zero-order valence-corrected chi connectivity index (χ0v) is 6.88. The Bertz CT molecular complexity index is 205. The summed E-state index contributed by atoms with van der Waals surface area (Å²) in [6.07, 6.45) is 2.51. The van der Waals surface area contributed by atoms with Crippen LogP contribution in [-0.2, 0) is 0 Å². The molecular formula is C8H12FNO2. The van der Waals surface area contributed by atoms with E-state index < -0.39 is 11.2 Å². The first kappa shape index (κ1) is 7.95. The van der Waals surface area contributed by atoms with Gasteiger partial charge in [0.2, 0.25) is 5.54 Å². The maximum atomic E-state index is 13.6. The standard InChI is InChI=1S/C8H12FNO2/c9-7-1-4-8(5-2-7,6-3-7)10(11)12/h1-6H2. The molecule has 0 heterocycles. The molecular weight excluding hydrogens is 161 g/mol. The van der Waals surface area contributed by atoms with E-state index in [0.29, 0.717) is 38.5 Å². The Balaban J connectivity index is 2.20. The Labute approximate surface area is 70.1 Å². The maximum absolute atomic E-state index is 13.6. The predicted molar refractivity (Wildman–Crippen MR) is 41.3 cm³/mol. The second-order valence-electron chi connectivity index (χ2n) is 4.13. The Hall–Kier alpha value is -0.670. The highest BCUT2D eigenvalue weighted by molar-refractivity contribution is 5.00. The van der Waals surface area contributed by atoms with Gasteiger partial charge in [-0.1, -0.05) is 0 Å². The number of rotatable bonds is 1. The van der Waals surface area contributed by atoms with Crippen LogP contribution in [0.1, 0.15) is 38.5 Å². The fraction of sp³-hybridized carbons (Fsp3) is 1.00. The quantitative estimate of drug-likeness (QED) is 0.450. The molecule has 0 spiro atoms. The van der Waals surface area contributed by atoms with E-state index >= 15 is 0 Å². The normalized spacial score (nSPS) is 46.1. The van der Waals surface area contributed by atoms with Gasteiger partial charge in [0.05, 0.1) is 0 Å². The van der Waals surface area contributed by atoms with Crippen LogP contribution >= 0.6 is 0 Å². The minimum absolute atomic E-state index is 0.189. The highest BCUT2D eigenvalue weighted by Gasteiger charge is 2.56. The Morgan fingerprint density at radius 1 is 1.08 bits per heavy atom. The molecule has 0 aliphatic heterocycles. The monoisotopic (exact) mass is 173 g/mol. The van der Waals surface area contributed by atoms with Gasteiger partial charge in [-0.25, -0.2) is 4.39 Å². The van der Waals surface area contributed by atoms with Crippen molar-refractivity contribution in [1.29, 1.82) is 0 Å². The summed E-state index contributed by atoms with van der Waals surface area (Å²) in [7, 11) is 0. The van der Waals surface area contributed by atoms with Crippen LogP contribution in [0, 0.1) is 10.1 Å². The molecule has 0 atom stereocenters. The first-order chi connectivity index (χ1) is 5.56. The molecule has 0 N–H and O–H groups in total. The lowest BCUT2D eigenvalue weighted by atomic mass is 9.64. The van der Waals surface area contributed by atoms with Gasteiger partial charge in [0.25, 0.3) is 0 Å². The molecule has 0 saturated heterocycles. The van der Waals surface area contributed by atoms with Crippen LogP contribution in [0.4, 0.5) is 4.39 Å². The molecule has 3 aliphatic rings. The van der Waals surface area contributed by atoms with E-state index in [1.54, 1.807) is 0 Å². The van der Waals surface area contributed by atoms with Crippen molar-refractivity contribution in [2.45, 2.75) is 49.7 Å². The van der Waals surface area contributed by atoms with E-state index in [1.165, 1.54) is 0 Å². The van der Waals surface area contributed by atoms with E-state index in [9.17, 15) is 14.5 Å². The average Bonchev–Trinajstić information content (AvgIpc) is 2.06. The molecule has 3 fully saturated rings. The van der Waals surface area contributed by atoms with E-state index in [1.807, 2.05) is 0 Å². The topological polar surface area (TPSA) is 43.1 Å². The first-order valence-corrected chi connectivity index (χ1v) is 4.40. The van der Waals surface area contributed by atoms with Crippen molar-refractivity contribution in [3.63, 3.8) is 0 Å². The van der Waals surface area contributed by atoms with Gasteiger partial charge in [-0.05, 0) is 19.3 Å². The molecule has 3 aliphatic carbocycles. The van der Waals surface area contributed by atoms with Crippen LogP contribution in [-0.4, -0.2) is 16.1 Å². The van der Waals surface area contributed by atoms with E-state index in [2.05, 4.69) is 0 Å². The minimum Gasteiger partial charge on any atom is -0.264 e. The molecule has 12 heavy (non-hydrogen) atoms. The van der Waals surface area contributed by atoms with Gasteiger partial charge in [-0.3, -0.25) is 10.1 Å². The molecule has 4 heteroatoms. The van der Waals surface area contributed by atoms with Crippen LogP contribution in [0.3, 0.4) is 0 Å². The summed E-state index contributed by atoms with van der Waals surface area (Å²) in [4.78, 5) is 10.5. The lowest BCUT2D eigenvalue weighted by Crippen LogP contribution is -2.52. The number of alkyl halides is 1. The fourth-order valence-corrected chi connectivity index (χ4v) is 2.39. The first-order valence-electron chi connectivity index (χ1n) is 4.40. The molecule has 3 nitrogen and oxygen atoms in total. The van der Waals surface area contributed by atoms with Crippen molar-refractivity contribution in [2.24, 2.45) is 0 Å². The van der Waals surface area contributed by atoms with Crippen molar-refractivity contribution >= 4 is 0 Å². The van der Waals surface area contributed by atoms with E-state index in [-0.39, 0.29) is 4.92 Å². The van der Waals surface area contributed by atoms with Crippen molar-refractivity contribution < 1.29 is 9.31 Å². The Morgan fingerprint density at radius 2 is 1.50 bits per heavy atom. The highest BCUT2D eigenvalue weighted by Crippen LogP contribution is 2.50. The van der Waals surface area contributed by atoms with Crippen LogP contribution in [0.2, 0.25) is 0 Å². The lowest BCUT2D eigenvalue weighted by molar-refractivity contribution is -0.583. The number of hydrogen-bond acceptors (Lipinski definition) is 2. The average molecular weight is 173 g/mol. The predicted octanol–water partition coefficient (Wildman–Crippen LogP) is 2.08. The molecule has 0 radical (unpaired) electrons. The maximum Gasteiger partial charge on any atom is 0.222 e. The Morgan fingerprint density at radius 3 is 1.83 bits per heavy atom. The second-order valence-corrected chi connectivity index (χ2v) is 4.13. The number of nitro groups is 1. The molecule has 0 aromatic carbocycles. The summed E-state index contributed by atoms with van der Waals surface area (Å²) in [5.74, 6) is 0. The van der Waals surface area contributed by atoms with Gasteiger partial charge >= 0.3 is 0 Å². The van der Waals surface area contributed by atoms with Crippen LogP contribution in [0.5, 0.6) is 0 Å². The third-order valence-electron chi connectivity index (χ3n) is 3.50. The molecule has 3 rings (SSSR count). The minimum atomic E-state index is -1.06. The van der Waals surface area contributed by atoms with E-state index in [0.717, 1.165) is 0 Å². The number of halogens is 1. The molecule has 2 bridgehead atoms. The van der Waals surface area contributed by atoms with E-state index in [4.69, 9.17) is 0 Å². The fourth-order valence-electron chi connectivity index (χ4n) is 2.39. The summed E-state index contributed by atoms with van der Waals surface area (Å²) < 4.78 is 13.6. The molecule has 3 saturated carbocycles. The van der Waals surface area contributed by atoms with Crippen molar-refractivity contribution in [3.8, 4) is 0 Å². The van der Waals surface area contributed by atoms with Gasteiger partial charge in [0.1, 0.15) is 5.67 Å². The van der Waals surface area contributed by atoms with Gasteiger partial charge < -0.3 is 0 Å². The zero-order chi connectivity index (χ0) is 8.82. The molecule has 0 unspecified atom stereocenters. The van der Waals surface area contributed by atoms with Crippen molar-refractivity contribution in [3.05, 3.63) is 10.1 Å². The van der Waals surface area contributed by atoms with Gasteiger partial charge in [0, 0.05) is 24.2 Å². The van der Waals surface area contributed by atoms with Gasteiger partial charge in [-0.2, -0.15) is 0 Å². The number of hydrogen-bond donors (Lipinski definition) is 0.